The Labute approximate surface area is 156 Å². The van der Waals surface area contributed by atoms with Crippen LogP contribution >= 0.6 is 12.2 Å². The largest absolute Gasteiger partial charge is 0.494 e. The first-order valence-electron chi connectivity index (χ1n) is 8.10. The first-order valence-corrected chi connectivity index (χ1v) is 8.50. The smallest absolute Gasteiger partial charge is 0.282 e. The minimum absolute atomic E-state index is 0.0489. The molecule has 2 aromatic carbocycles. The standard InChI is InChI=1S/C18H19N3O4S/c1-2-3-12-25-14-10-8-13(9-11-14)19-18(26)20-17(22)15-6-4-5-7-16(15)21(23)24/h4-11H,2-3,12H2,1H3,(H2,19,20,22,26). The molecule has 136 valence electrons. The molecule has 2 aromatic rings. The van der Waals surface area contributed by atoms with Crippen molar-refractivity contribution in [3.8, 4) is 5.75 Å². The second-order valence-electron chi connectivity index (χ2n) is 5.41. The van der Waals surface area contributed by atoms with Gasteiger partial charge >= 0.3 is 0 Å². The summed E-state index contributed by atoms with van der Waals surface area (Å²) in [5.41, 5.74) is 0.336. The number of para-hydroxylation sites is 1. The van der Waals surface area contributed by atoms with E-state index in [1.807, 2.05) is 0 Å². The van der Waals surface area contributed by atoms with E-state index in [1.165, 1.54) is 18.2 Å². The Balaban J connectivity index is 1.94. The Kier molecular flexibility index (Phi) is 7.04. The monoisotopic (exact) mass is 373 g/mol. The van der Waals surface area contributed by atoms with Crippen LogP contribution in [-0.4, -0.2) is 22.5 Å². The molecule has 7 nitrogen and oxygen atoms in total. The maximum atomic E-state index is 12.2. The van der Waals surface area contributed by atoms with Gasteiger partial charge in [0.1, 0.15) is 11.3 Å². The molecule has 0 fully saturated rings. The van der Waals surface area contributed by atoms with Crippen molar-refractivity contribution >= 4 is 34.6 Å². The molecular formula is C18H19N3O4S. The van der Waals surface area contributed by atoms with Crippen molar-refractivity contribution in [2.45, 2.75) is 19.8 Å². The number of amides is 1. The minimum atomic E-state index is -0.644. The molecule has 0 saturated carbocycles. The molecule has 0 atom stereocenters. The van der Waals surface area contributed by atoms with Crippen LogP contribution in [0.3, 0.4) is 0 Å². The molecule has 2 rings (SSSR count). The summed E-state index contributed by atoms with van der Waals surface area (Å²) in [6, 6.07) is 12.8. The van der Waals surface area contributed by atoms with E-state index in [2.05, 4.69) is 17.6 Å². The molecule has 0 spiro atoms. The van der Waals surface area contributed by atoms with Gasteiger partial charge in [-0.15, -0.1) is 0 Å². The number of nitro benzene ring substituents is 1. The van der Waals surface area contributed by atoms with E-state index in [1.54, 1.807) is 30.3 Å². The van der Waals surface area contributed by atoms with E-state index in [4.69, 9.17) is 17.0 Å². The fourth-order valence-electron chi connectivity index (χ4n) is 2.13. The second-order valence-corrected chi connectivity index (χ2v) is 5.82. The lowest BCUT2D eigenvalue weighted by atomic mass is 10.1. The quantitative estimate of drug-likeness (QED) is 0.331. The highest BCUT2D eigenvalue weighted by Crippen LogP contribution is 2.18. The van der Waals surface area contributed by atoms with Crippen molar-refractivity contribution in [2.75, 3.05) is 11.9 Å². The average Bonchev–Trinajstić information content (AvgIpc) is 2.63. The molecule has 8 heteroatoms. The molecule has 0 unspecified atom stereocenters. The zero-order valence-corrected chi connectivity index (χ0v) is 15.0. The number of unbranched alkanes of at least 4 members (excludes halogenated alkanes) is 1. The molecule has 1 amide bonds. The highest BCUT2D eigenvalue weighted by Gasteiger charge is 2.19. The van der Waals surface area contributed by atoms with E-state index in [9.17, 15) is 14.9 Å². The number of nitro groups is 1. The summed E-state index contributed by atoms with van der Waals surface area (Å²) in [6.07, 6.45) is 2.05. The third-order valence-corrected chi connectivity index (χ3v) is 3.66. The third-order valence-electron chi connectivity index (χ3n) is 3.45. The topological polar surface area (TPSA) is 93.5 Å². The van der Waals surface area contributed by atoms with Gasteiger partial charge in [-0.3, -0.25) is 20.2 Å². The van der Waals surface area contributed by atoms with Crippen LogP contribution in [0.1, 0.15) is 30.1 Å². The van der Waals surface area contributed by atoms with Crippen LogP contribution in [-0.2, 0) is 0 Å². The number of hydrogen-bond acceptors (Lipinski definition) is 5. The van der Waals surface area contributed by atoms with E-state index >= 15 is 0 Å². The third kappa shape index (κ3) is 5.52. The number of nitrogens with zero attached hydrogens (tertiary/aromatic N) is 1. The van der Waals surface area contributed by atoms with Crippen molar-refractivity contribution in [1.29, 1.82) is 0 Å². The Bertz CT molecular complexity index is 793. The average molecular weight is 373 g/mol. The Morgan fingerprint density at radius 1 is 1.19 bits per heavy atom. The number of carbonyl (C=O) groups is 1. The minimum Gasteiger partial charge on any atom is -0.494 e. The molecule has 26 heavy (non-hydrogen) atoms. The van der Waals surface area contributed by atoms with Gasteiger partial charge in [-0.05, 0) is 49.0 Å². The van der Waals surface area contributed by atoms with Gasteiger partial charge in [-0.1, -0.05) is 25.5 Å². The first-order chi connectivity index (χ1) is 12.5. The van der Waals surface area contributed by atoms with E-state index in [0.29, 0.717) is 12.3 Å². The maximum absolute atomic E-state index is 12.2. The Morgan fingerprint density at radius 2 is 1.88 bits per heavy atom. The molecule has 0 radical (unpaired) electrons. The number of nitrogens with one attached hydrogen (secondary N) is 2. The summed E-state index contributed by atoms with van der Waals surface area (Å²) in [5, 5.41) is 16.3. The van der Waals surface area contributed by atoms with Gasteiger partial charge in [-0.25, -0.2) is 0 Å². The summed E-state index contributed by atoms with van der Waals surface area (Å²) in [5.74, 6) is 0.105. The SMILES string of the molecule is CCCCOc1ccc(NC(=S)NC(=O)c2ccccc2[N+](=O)[O-])cc1. The number of ether oxygens (including phenoxy) is 1. The van der Waals surface area contributed by atoms with Crippen LogP contribution in [0.25, 0.3) is 0 Å². The summed E-state index contributed by atoms with van der Waals surface area (Å²) >= 11 is 5.10. The Morgan fingerprint density at radius 3 is 2.54 bits per heavy atom. The lowest BCUT2D eigenvalue weighted by Crippen LogP contribution is -2.34. The fraction of sp³-hybridized carbons (Fsp3) is 0.222. The zero-order chi connectivity index (χ0) is 18.9. The highest BCUT2D eigenvalue weighted by atomic mass is 32.1. The lowest BCUT2D eigenvalue weighted by molar-refractivity contribution is -0.385. The van der Waals surface area contributed by atoms with Gasteiger partial charge < -0.3 is 10.1 Å². The van der Waals surface area contributed by atoms with Gasteiger partial charge in [0, 0.05) is 11.8 Å². The van der Waals surface area contributed by atoms with Crippen LogP contribution in [0, 0.1) is 10.1 Å². The van der Waals surface area contributed by atoms with Crippen molar-refractivity contribution in [3.05, 3.63) is 64.2 Å². The van der Waals surface area contributed by atoms with E-state index in [-0.39, 0.29) is 16.4 Å². The summed E-state index contributed by atoms with van der Waals surface area (Å²) in [7, 11) is 0. The number of rotatable bonds is 7. The van der Waals surface area contributed by atoms with Gasteiger partial charge in [0.15, 0.2) is 5.11 Å². The lowest BCUT2D eigenvalue weighted by Gasteiger charge is -2.11. The molecule has 0 aliphatic heterocycles. The van der Waals surface area contributed by atoms with Crippen molar-refractivity contribution in [2.24, 2.45) is 0 Å². The molecule has 0 saturated heterocycles. The van der Waals surface area contributed by atoms with Crippen LogP contribution in [0.2, 0.25) is 0 Å². The molecule has 0 aromatic heterocycles. The maximum Gasteiger partial charge on any atom is 0.282 e. The predicted octanol–water partition coefficient (Wildman–Crippen LogP) is 3.90. The van der Waals surface area contributed by atoms with Crippen LogP contribution in [0.5, 0.6) is 5.75 Å². The van der Waals surface area contributed by atoms with Crippen molar-refractivity contribution in [1.82, 2.24) is 5.32 Å². The number of anilines is 1. The number of thiocarbonyl (C=S) groups is 1. The number of hydrogen-bond donors (Lipinski definition) is 2. The normalized spacial score (nSPS) is 10.0. The van der Waals surface area contributed by atoms with Gasteiger partial charge in [0.2, 0.25) is 0 Å². The first kappa shape index (κ1) is 19.3. The fourth-order valence-corrected chi connectivity index (χ4v) is 2.34. The van der Waals surface area contributed by atoms with Crippen LogP contribution < -0.4 is 15.4 Å². The summed E-state index contributed by atoms with van der Waals surface area (Å²) in [4.78, 5) is 22.6. The van der Waals surface area contributed by atoms with E-state index < -0.39 is 10.8 Å². The second kappa shape index (κ2) is 9.47. The van der Waals surface area contributed by atoms with Crippen LogP contribution in [0.4, 0.5) is 11.4 Å². The number of carbonyl (C=O) groups excluding carboxylic acids is 1. The summed E-state index contributed by atoms with van der Waals surface area (Å²) in [6.45, 7) is 2.75. The molecule has 0 aliphatic carbocycles. The predicted molar refractivity (Wildman–Crippen MR) is 104 cm³/mol. The molecule has 0 bridgehead atoms. The van der Waals surface area contributed by atoms with Gasteiger partial charge in [0.25, 0.3) is 11.6 Å². The van der Waals surface area contributed by atoms with Crippen LogP contribution in [0.15, 0.2) is 48.5 Å². The molecular weight excluding hydrogens is 354 g/mol. The molecule has 2 N–H and O–H groups in total. The zero-order valence-electron chi connectivity index (χ0n) is 14.2. The van der Waals surface area contributed by atoms with Gasteiger partial charge in [0.05, 0.1) is 11.5 Å². The molecule has 0 heterocycles. The number of benzene rings is 2. The van der Waals surface area contributed by atoms with E-state index in [0.717, 1.165) is 18.6 Å². The molecule has 0 aliphatic rings. The van der Waals surface area contributed by atoms with Crippen molar-refractivity contribution in [3.63, 3.8) is 0 Å². The Hall–Kier alpha value is -3.00. The van der Waals surface area contributed by atoms with Gasteiger partial charge in [-0.2, -0.15) is 0 Å². The summed E-state index contributed by atoms with van der Waals surface area (Å²) < 4.78 is 5.57. The highest BCUT2D eigenvalue weighted by molar-refractivity contribution is 7.80. The van der Waals surface area contributed by atoms with Crippen molar-refractivity contribution < 1.29 is 14.5 Å².